The van der Waals surface area contributed by atoms with Crippen LogP contribution in [0.1, 0.15) is 4.88 Å². The van der Waals surface area contributed by atoms with Gasteiger partial charge in [0.05, 0.1) is 18.3 Å². The van der Waals surface area contributed by atoms with Gasteiger partial charge >= 0.3 is 0 Å². The van der Waals surface area contributed by atoms with E-state index in [1.165, 1.54) is 0 Å². The molecule has 3 aromatic heterocycles. The van der Waals surface area contributed by atoms with Crippen molar-refractivity contribution in [3.8, 4) is 0 Å². The molecule has 0 bridgehead atoms. The number of nitrogens with zero attached hydrogens (tertiary/aromatic N) is 2. The number of thiophene rings is 1. The summed E-state index contributed by atoms with van der Waals surface area (Å²) in [6.07, 6.45) is 3.98. The van der Waals surface area contributed by atoms with Crippen LogP contribution in [0.3, 0.4) is 0 Å². The number of imidazole rings is 1. The lowest BCUT2D eigenvalue weighted by Crippen LogP contribution is -2.14. The van der Waals surface area contributed by atoms with Crippen molar-refractivity contribution in [3.63, 3.8) is 0 Å². The molecule has 0 saturated heterocycles. The summed E-state index contributed by atoms with van der Waals surface area (Å²) < 4.78 is 2.73. The van der Waals surface area contributed by atoms with Gasteiger partial charge in [0.2, 0.25) is 5.91 Å². The molecule has 0 atom stereocenters. The number of halogens is 1. The first-order valence-electron chi connectivity index (χ1n) is 5.67. The van der Waals surface area contributed by atoms with E-state index in [9.17, 15) is 4.79 Å². The van der Waals surface area contributed by atoms with Gasteiger partial charge in [0.15, 0.2) is 0 Å². The van der Waals surface area contributed by atoms with Gasteiger partial charge in [-0.1, -0.05) is 6.07 Å². The smallest absolute Gasteiger partial charge is 0.229 e. The monoisotopic (exact) mass is 335 g/mol. The van der Waals surface area contributed by atoms with E-state index in [0.717, 1.165) is 20.8 Å². The van der Waals surface area contributed by atoms with Crippen LogP contribution in [0.2, 0.25) is 0 Å². The maximum Gasteiger partial charge on any atom is 0.229 e. The number of nitrogens with one attached hydrogen (secondary N) is 1. The van der Waals surface area contributed by atoms with Gasteiger partial charge < -0.3 is 5.32 Å². The highest BCUT2D eigenvalue weighted by atomic mass is 79.9. The normalized spacial score (nSPS) is 10.8. The fourth-order valence-corrected chi connectivity index (χ4v) is 2.89. The highest BCUT2D eigenvalue weighted by Gasteiger charge is 2.06. The first-order valence-corrected chi connectivity index (χ1v) is 7.34. The molecule has 0 unspecified atom stereocenters. The number of fused-ring (bicyclic) bond motifs is 1. The quantitative estimate of drug-likeness (QED) is 0.797. The minimum absolute atomic E-state index is 0.0157. The van der Waals surface area contributed by atoms with E-state index in [2.05, 4.69) is 26.2 Å². The predicted octanol–water partition coefficient (Wildman–Crippen LogP) is 3.34. The molecule has 96 valence electrons. The van der Waals surface area contributed by atoms with Gasteiger partial charge in [-0.25, -0.2) is 4.98 Å². The standard InChI is InChI=1S/C13H10BrN3OS/c14-11-7-15-12-4-3-9(8-17(11)12)16-13(18)6-10-2-1-5-19-10/h1-5,7-8H,6H2,(H,16,18). The summed E-state index contributed by atoms with van der Waals surface area (Å²) in [5, 5.41) is 4.86. The van der Waals surface area contributed by atoms with Crippen LogP contribution >= 0.6 is 27.3 Å². The molecule has 0 aliphatic rings. The largest absolute Gasteiger partial charge is 0.324 e. The number of hydrogen-bond donors (Lipinski definition) is 1. The molecule has 19 heavy (non-hydrogen) atoms. The van der Waals surface area contributed by atoms with Gasteiger partial charge in [0, 0.05) is 11.1 Å². The zero-order chi connectivity index (χ0) is 13.2. The van der Waals surface area contributed by atoms with Crippen LogP contribution in [0.25, 0.3) is 5.65 Å². The Bertz CT molecular complexity index is 721. The van der Waals surface area contributed by atoms with E-state index in [1.807, 2.05) is 40.2 Å². The van der Waals surface area contributed by atoms with Crippen molar-refractivity contribution in [2.45, 2.75) is 6.42 Å². The van der Waals surface area contributed by atoms with Gasteiger partial charge in [-0.2, -0.15) is 0 Å². The molecule has 6 heteroatoms. The van der Waals surface area contributed by atoms with E-state index >= 15 is 0 Å². The fourth-order valence-electron chi connectivity index (χ4n) is 1.80. The number of rotatable bonds is 3. The number of carbonyl (C=O) groups is 1. The molecule has 3 heterocycles. The van der Waals surface area contributed by atoms with Crippen LogP contribution in [0.15, 0.2) is 46.6 Å². The Kier molecular flexibility index (Phi) is 3.35. The topological polar surface area (TPSA) is 46.4 Å². The second-order valence-electron chi connectivity index (χ2n) is 4.03. The van der Waals surface area contributed by atoms with E-state index in [1.54, 1.807) is 17.5 Å². The second-order valence-corrected chi connectivity index (χ2v) is 5.88. The molecule has 0 aliphatic carbocycles. The molecule has 0 saturated carbocycles. The summed E-state index contributed by atoms with van der Waals surface area (Å²) in [5.74, 6) is -0.0157. The molecule has 1 N–H and O–H groups in total. The fraction of sp³-hybridized carbons (Fsp3) is 0.0769. The molecule has 3 aromatic rings. The van der Waals surface area contributed by atoms with Crippen molar-refractivity contribution < 1.29 is 4.79 Å². The maximum atomic E-state index is 11.9. The van der Waals surface area contributed by atoms with E-state index in [0.29, 0.717) is 6.42 Å². The molecular formula is C13H10BrN3OS. The van der Waals surface area contributed by atoms with Gasteiger partial charge in [-0.3, -0.25) is 9.20 Å². The summed E-state index contributed by atoms with van der Waals surface area (Å²) in [6, 6.07) is 7.62. The Morgan fingerprint density at radius 3 is 3.11 bits per heavy atom. The molecule has 1 amide bonds. The molecule has 0 fully saturated rings. The van der Waals surface area contributed by atoms with Gasteiger partial charge in [-0.15, -0.1) is 11.3 Å². The van der Waals surface area contributed by atoms with E-state index < -0.39 is 0 Å². The number of amides is 1. The molecular weight excluding hydrogens is 326 g/mol. The van der Waals surface area contributed by atoms with Crippen molar-refractivity contribution >= 4 is 44.5 Å². The highest BCUT2D eigenvalue weighted by Crippen LogP contribution is 2.17. The molecule has 0 radical (unpaired) electrons. The Morgan fingerprint density at radius 1 is 1.42 bits per heavy atom. The summed E-state index contributed by atoms with van der Waals surface area (Å²) in [5.41, 5.74) is 1.59. The van der Waals surface area contributed by atoms with E-state index in [-0.39, 0.29) is 5.91 Å². The van der Waals surface area contributed by atoms with Crippen molar-refractivity contribution in [3.05, 3.63) is 51.5 Å². The average molecular weight is 336 g/mol. The van der Waals surface area contributed by atoms with Crippen molar-refractivity contribution in [1.29, 1.82) is 0 Å². The second kappa shape index (κ2) is 5.14. The van der Waals surface area contributed by atoms with Crippen molar-refractivity contribution in [1.82, 2.24) is 9.38 Å². The third-order valence-electron chi connectivity index (χ3n) is 2.66. The van der Waals surface area contributed by atoms with Crippen LogP contribution in [-0.2, 0) is 11.2 Å². The van der Waals surface area contributed by atoms with E-state index in [4.69, 9.17) is 0 Å². The lowest BCUT2D eigenvalue weighted by molar-refractivity contribution is -0.115. The molecule has 4 nitrogen and oxygen atoms in total. The minimum Gasteiger partial charge on any atom is -0.324 e. The minimum atomic E-state index is -0.0157. The summed E-state index contributed by atoms with van der Waals surface area (Å²) in [4.78, 5) is 17.2. The maximum absolute atomic E-state index is 11.9. The Labute approximate surface area is 122 Å². The van der Waals surface area contributed by atoms with Gasteiger partial charge in [-0.05, 0) is 39.5 Å². The third-order valence-corrected chi connectivity index (χ3v) is 4.12. The van der Waals surface area contributed by atoms with Crippen molar-refractivity contribution in [2.75, 3.05) is 5.32 Å². The summed E-state index contributed by atoms with van der Waals surface area (Å²) in [6.45, 7) is 0. The lowest BCUT2D eigenvalue weighted by atomic mass is 10.3. The third kappa shape index (κ3) is 2.69. The van der Waals surface area contributed by atoms with Crippen LogP contribution in [-0.4, -0.2) is 15.3 Å². The lowest BCUT2D eigenvalue weighted by Gasteiger charge is -2.05. The first-order chi connectivity index (χ1) is 9.22. The van der Waals surface area contributed by atoms with Crippen LogP contribution in [0.4, 0.5) is 5.69 Å². The average Bonchev–Trinajstić information content (AvgIpc) is 3.00. The summed E-state index contributed by atoms with van der Waals surface area (Å²) in [7, 11) is 0. The SMILES string of the molecule is O=C(Cc1cccs1)Nc1ccc2ncc(Br)n2c1. The number of pyridine rings is 1. The predicted molar refractivity (Wildman–Crippen MR) is 79.5 cm³/mol. The van der Waals surface area contributed by atoms with Crippen LogP contribution in [0.5, 0.6) is 0 Å². The van der Waals surface area contributed by atoms with Gasteiger partial charge in [0.25, 0.3) is 0 Å². The number of hydrogen-bond acceptors (Lipinski definition) is 3. The van der Waals surface area contributed by atoms with Gasteiger partial charge in [0.1, 0.15) is 10.3 Å². The molecule has 0 aromatic carbocycles. The highest BCUT2D eigenvalue weighted by molar-refractivity contribution is 9.10. The van der Waals surface area contributed by atoms with Crippen LogP contribution < -0.4 is 5.32 Å². The summed E-state index contributed by atoms with van der Waals surface area (Å²) >= 11 is 4.99. The molecule has 3 rings (SSSR count). The van der Waals surface area contributed by atoms with Crippen molar-refractivity contribution in [2.24, 2.45) is 0 Å². The Balaban J connectivity index is 1.77. The number of anilines is 1. The zero-order valence-electron chi connectivity index (χ0n) is 9.84. The van der Waals surface area contributed by atoms with Crippen LogP contribution in [0, 0.1) is 0 Å². The first kappa shape index (κ1) is 12.4. The Hall–Kier alpha value is -1.66. The number of carbonyl (C=O) groups excluding carboxylic acids is 1. The Morgan fingerprint density at radius 2 is 2.32 bits per heavy atom. The molecule has 0 spiro atoms. The zero-order valence-corrected chi connectivity index (χ0v) is 12.2. The molecule has 0 aliphatic heterocycles. The number of aromatic nitrogens is 2.